The van der Waals surface area contributed by atoms with Gasteiger partial charge in [-0.3, -0.25) is 0 Å². The number of azide groups is 1. The van der Waals surface area contributed by atoms with E-state index in [1.165, 1.54) is 0 Å². The highest BCUT2D eigenvalue weighted by atomic mass is 32.1. The monoisotopic (exact) mass is 293 g/mol. The Morgan fingerprint density at radius 1 is 1.00 bits per heavy atom. The quantitative estimate of drug-likeness (QED) is 0.318. The number of nitrogens with two attached hydrogens (primary N) is 1. The molecule has 0 spiro atoms. The van der Waals surface area contributed by atoms with Gasteiger partial charge >= 0.3 is 0 Å². The number of rotatable bonds is 3. The Bertz CT molecular complexity index is 799. The van der Waals surface area contributed by atoms with E-state index >= 15 is 0 Å². The second-order valence-electron chi connectivity index (χ2n) is 4.40. The number of hydrogen-bond donors (Lipinski definition) is 1. The van der Waals surface area contributed by atoms with Crippen LogP contribution in [0.1, 0.15) is 0 Å². The highest BCUT2D eigenvalue weighted by Crippen LogP contribution is 2.30. The zero-order chi connectivity index (χ0) is 14.7. The van der Waals surface area contributed by atoms with Gasteiger partial charge in [-0.25, -0.2) is 4.98 Å². The van der Waals surface area contributed by atoms with Crippen LogP contribution in [-0.2, 0) is 0 Å². The van der Waals surface area contributed by atoms with Crippen molar-refractivity contribution >= 4 is 22.7 Å². The molecule has 0 amide bonds. The lowest BCUT2D eigenvalue weighted by Gasteiger charge is -1.98. The van der Waals surface area contributed by atoms with Crippen molar-refractivity contribution in [3.8, 4) is 21.8 Å². The molecule has 6 heteroatoms. The number of nitrogen functional groups attached to an aromatic ring is 1. The van der Waals surface area contributed by atoms with Gasteiger partial charge in [-0.05, 0) is 29.8 Å². The van der Waals surface area contributed by atoms with Gasteiger partial charge in [0.25, 0.3) is 0 Å². The van der Waals surface area contributed by atoms with Crippen LogP contribution in [-0.4, -0.2) is 4.98 Å². The van der Waals surface area contributed by atoms with Crippen LogP contribution in [0.2, 0.25) is 0 Å². The molecule has 0 atom stereocenters. The average Bonchev–Trinajstić information content (AvgIpc) is 2.99. The predicted octanol–water partition coefficient (Wildman–Crippen LogP) is 5.00. The van der Waals surface area contributed by atoms with Crippen LogP contribution in [0.5, 0.6) is 0 Å². The van der Waals surface area contributed by atoms with E-state index in [-0.39, 0.29) is 0 Å². The minimum Gasteiger partial charge on any atom is -0.399 e. The average molecular weight is 293 g/mol. The molecule has 21 heavy (non-hydrogen) atoms. The molecule has 0 aliphatic heterocycles. The summed E-state index contributed by atoms with van der Waals surface area (Å²) < 4.78 is 0. The van der Waals surface area contributed by atoms with Gasteiger partial charge < -0.3 is 5.73 Å². The third-order valence-corrected chi connectivity index (χ3v) is 3.88. The Kier molecular flexibility index (Phi) is 3.55. The van der Waals surface area contributed by atoms with Crippen molar-refractivity contribution in [2.24, 2.45) is 5.11 Å². The topological polar surface area (TPSA) is 87.7 Å². The molecule has 3 rings (SSSR count). The molecule has 2 aromatic carbocycles. The van der Waals surface area contributed by atoms with E-state index in [1.807, 2.05) is 41.8 Å². The first-order chi connectivity index (χ1) is 10.3. The molecule has 2 N–H and O–H groups in total. The summed E-state index contributed by atoms with van der Waals surface area (Å²) in [6, 6.07) is 15.0. The van der Waals surface area contributed by atoms with E-state index in [2.05, 4.69) is 15.0 Å². The van der Waals surface area contributed by atoms with Crippen LogP contribution in [0.4, 0.5) is 11.4 Å². The van der Waals surface area contributed by atoms with Crippen LogP contribution in [0.25, 0.3) is 32.3 Å². The van der Waals surface area contributed by atoms with Crippen LogP contribution in [0, 0.1) is 0 Å². The Labute approximate surface area is 125 Å². The lowest BCUT2D eigenvalue weighted by Crippen LogP contribution is -1.83. The Morgan fingerprint density at radius 3 is 2.33 bits per heavy atom. The summed E-state index contributed by atoms with van der Waals surface area (Å²) in [5.41, 5.74) is 18.4. The smallest absolute Gasteiger partial charge is 0.124 e. The number of hydrogen-bond acceptors (Lipinski definition) is 4. The van der Waals surface area contributed by atoms with Gasteiger partial charge in [-0.1, -0.05) is 29.4 Å². The minimum atomic E-state index is 0.593. The lowest BCUT2D eigenvalue weighted by molar-refractivity contribution is 1.39. The molecule has 0 saturated heterocycles. The molecule has 102 valence electrons. The largest absolute Gasteiger partial charge is 0.399 e. The Hall–Kier alpha value is -2.82. The molecular formula is C15H11N5S. The summed E-state index contributed by atoms with van der Waals surface area (Å²) in [6.45, 7) is 0. The van der Waals surface area contributed by atoms with E-state index in [1.54, 1.807) is 23.5 Å². The third-order valence-electron chi connectivity index (χ3n) is 2.99. The SMILES string of the molecule is [N-]=[N+]=Nc1ccc(-c2csc(-c3ccc(N)cc3)n2)cc1. The molecule has 1 aromatic heterocycles. The van der Waals surface area contributed by atoms with Crippen molar-refractivity contribution < 1.29 is 0 Å². The van der Waals surface area contributed by atoms with Crippen LogP contribution in [0.3, 0.4) is 0 Å². The van der Waals surface area contributed by atoms with E-state index in [0.717, 1.165) is 27.5 Å². The van der Waals surface area contributed by atoms with E-state index < -0.39 is 0 Å². The van der Waals surface area contributed by atoms with E-state index in [0.29, 0.717) is 5.69 Å². The van der Waals surface area contributed by atoms with Crippen LogP contribution < -0.4 is 5.73 Å². The predicted molar refractivity (Wildman–Crippen MR) is 86.2 cm³/mol. The number of anilines is 1. The van der Waals surface area contributed by atoms with Crippen molar-refractivity contribution in [1.82, 2.24) is 4.98 Å². The fourth-order valence-corrected chi connectivity index (χ4v) is 2.75. The van der Waals surface area contributed by atoms with Gasteiger partial charge in [0.15, 0.2) is 0 Å². The zero-order valence-corrected chi connectivity index (χ0v) is 11.8. The fraction of sp³-hybridized carbons (Fsp3) is 0. The molecule has 0 aliphatic rings. The number of benzene rings is 2. The zero-order valence-electron chi connectivity index (χ0n) is 11.0. The van der Waals surface area contributed by atoms with Crippen molar-refractivity contribution in [2.45, 2.75) is 0 Å². The number of thiazole rings is 1. The molecule has 0 fully saturated rings. The van der Waals surface area contributed by atoms with Crippen molar-refractivity contribution in [3.05, 3.63) is 64.4 Å². The Morgan fingerprint density at radius 2 is 1.67 bits per heavy atom. The summed E-state index contributed by atoms with van der Waals surface area (Å²) in [7, 11) is 0. The van der Waals surface area contributed by atoms with Crippen molar-refractivity contribution in [3.63, 3.8) is 0 Å². The van der Waals surface area contributed by atoms with Gasteiger partial charge in [-0.15, -0.1) is 11.3 Å². The molecule has 1 heterocycles. The summed E-state index contributed by atoms with van der Waals surface area (Å²) in [5, 5.41) is 6.51. The second kappa shape index (κ2) is 5.66. The van der Waals surface area contributed by atoms with Gasteiger partial charge in [0.05, 0.1) is 5.69 Å². The first kappa shape index (κ1) is 13.2. The van der Waals surface area contributed by atoms with Gasteiger partial charge in [0.2, 0.25) is 0 Å². The van der Waals surface area contributed by atoms with Crippen LogP contribution in [0.15, 0.2) is 59.0 Å². The molecule has 0 bridgehead atoms. The lowest BCUT2D eigenvalue weighted by atomic mass is 10.1. The number of nitrogens with zero attached hydrogens (tertiary/aromatic N) is 4. The first-order valence-electron chi connectivity index (χ1n) is 6.23. The molecule has 0 aliphatic carbocycles. The first-order valence-corrected chi connectivity index (χ1v) is 7.11. The maximum atomic E-state index is 8.39. The molecular weight excluding hydrogens is 282 g/mol. The summed E-state index contributed by atoms with van der Waals surface area (Å²) in [5.74, 6) is 0. The molecule has 3 aromatic rings. The summed E-state index contributed by atoms with van der Waals surface area (Å²) in [6.07, 6.45) is 0. The van der Waals surface area contributed by atoms with Crippen molar-refractivity contribution in [2.75, 3.05) is 5.73 Å². The molecule has 0 saturated carbocycles. The number of aromatic nitrogens is 1. The van der Waals surface area contributed by atoms with Gasteiger partial charge in [0.1, 0.15) is 5.01 Å². The fourth-order valence-electron chi connectivity index (χ4n) is 1.92. The van der Waals surface area contributed by atoms with Crippen LogP contribution >= 0.6 is 11.3 Å². The van der Waals surface area contributed by atoms with Gasteiger partial charge in [-0.2, -0.15) is 0 Å². The molecule has 0 radical (unpaired) electrons. The highest BCUT2D eigenvalue weighted by molar-refractivity contribution is 7.13. The Balaban J connectivity index is 1.90. The maximum Gasteiger partial charge on any atom is 0.124 e. The summed E-state index contributed by atoms with van der Waals surface area (Å²) in [4.78, 5) is 7.39. The maximum absolute atomic E-state index is 8.39. The van der Waals surface area contributed by atoms with Gasteiger partial charge in [0, 0.05) is 32.8 Å². The minimum absolute atomic E-state index is 0.593. The normalized spacial score (nSPS) is 10.1. The van der Waals surface area contributed by atoms with E-state index in [9.17, 15) is 0 Å². The third kappa shape index (κ3) is 2.86. The standard InChI is InChI=1S/C15H11N5S/c16-12-5-1-11(2-6-12)15-18-14(9-21-15)10-3-7-13(8-4-10)19-20-17/h1-9H,16H2. The second-order valence-corrected chi connectivity index (χ2v) is 5.25. The van der Waals surface area contributed by atoms with Crippen molar-refractivity contribution in [1.29, 1.82) is 0 Å². The molecule has 5 nitrogen and oxygen atoms in total. The summed E-state index contributed by atoms with van der Waals surface area (Å²) >= 11 is 1.58. The van der Waals surface area contributed by atoms with E-state index in [4.69, 9.17) is 11.3 Å². The highest BCUT2D eigenvalue weighted by Gasteiger charge is 2.06. The molecule has 0 unspecified atom stereocenters.